The number of H-pyrrole nitrogens is 2. The van der Waals surface area contributed by atoms with Crippen molar-refractivity contribution >= 4 is 11.2 Å². The van der Waals surface area contributed by atoms with Gasteiger partial charge in [0.2, 0.25) is 0 Å². The molecule has 0 aliphatic rings. The zero-order valence-corrected chi connectivity index (χ0v) is 12.2. The standard InChI is InChI=1S/C14H15N5O3/c1-19-12-10(13(20)18-14(19)21)16-11(17-12)8-3-4-9(15-7-8)5-6-22-2/h3-4,7H,5-6H2,1-2H3,(H,16,17)(H,18,20,21). The van der Waals surface area contributed by atoms with Gasteiger partial charge in [0.1, 0.15) is 11.3 Å². The van der Waals surface area contributed by atoms with Crippen LogP contribution in [0.4, 0.5) is 0 Å². The molecule has 114 valence electrons. The Morgan fingerprint density at radius 1 is 1.27 bits per heavy atom. The number of hydrogen-bond donors (Lipinski definition) is 2. The van der Waals surface area contributed by atoms with Crippen LogP contribution in [0.5, 0.6) is 0 Å². The number of aromatic amines is 2. The van der Waals surface area contributed by atoms with Crippen LogP contribution >= 0.6 is 0 Å². The summed E-state index contributed by atoms with van der Waals surface area (Å²) in [6.45, 7) is 0.606. The van der Waals surface area contributed by atoms with Gasteiger partial charge in [0, 0.05) is 38.0 Å². The number of fused-ring (bicyclic) bond motifs is 1. The lowest BCUT2D eigenvalue weighted by Crippen LogP contribution is -2.28. The molecule has 8 heteroatoms. The Bertz CT molecular complexity index is 920. The number of hydrogen-bond acceptors (Lipinski definition) is 5. The van der Waals surface area contributed by atoms with Crippen LogP contribution in [-0.4, -0.2) is 38.2 Å². The van der Waals surface area contributed by atoms with Gasteiger partial charge in [-0.05, 0) is 12.1 Å². The van der Waals surface area contributed by atoms with Gasteiger partial charge in [0.25, 0.3) is 5.56 Å². The first-order valence-electron chi connectivity index (χ1n) is 6.73. The molecular formula is C14H15N5O3. The summed E-state index contributed by atoms with van der Waals surface area (Å²) in [6.07, 6.45) is 2.40. The second-order valence-corrected chi connectivity index (χ2v) is 4.88. The Morgan fingerprint density at radius 2 is 2.09 bits per heavy atom. The van der Waals surface area contributed by atoms with Crippen molar-refractivity contribution in [3.63, 3.8) is 0 Å². The van der Waals surface area contributed by atoms with Crippen LogP contribution < -0.4 is 11.2 Å². The van der Waals surface area contributed by atoms with Gasteiger partial charge < -0.3 is 9.72 Å². The summed E-state index contributed by atoms with van der Waals surface area (Å²) in [7, 11) is 3.20. The van der Waals surface area contributed by atoms with E-state index in [0.29, 0.717) is 18.1 Å². The first-order chi connectivity index (χ1) is 10.6. The van der Waals surface area contributed by atoms with E-state index in [4.69, 9.17) is 4.74 Å². The topological polar surface area (TPSA) is 106 Å². The highest BCUT2D eigenvalue weighted by molar-refractivity contribution is 5.75. The molecule has 0 bridgehead atoms. The van der Waals surface area contributed by atoms with E-state index in [1.54, 1.807) is 20.4 Å². The van der Waals surface area contributed by atoms with Crippen molar-refractivity contribution in [3.05, 3.63) is 44.9 Å². The number of nitrogens with one attached hydrogen (secondary N) is 2. The van der Waals surface area contributed by atoms with E-state index in [-0.39, 0.29) is 5.52 Å². The molecule has 0 unspecified atom stereocenters. The molecule has 3 heterocycles. The van der Waals surface area contributed by atoms with Crippen LogP contribution in [0.25, 0.3) is 22.6 Å². The lowest BCUT2D eigenvalue weighted by molar-refractivity contribution is 0.201. The van der Waals surface area contributed by atoms with Gasteiger partial charge in [-0.3, -0.25) is 19.3 Å². The number of methoxy groups -OCH3 is 1. The maximum atomic E-state index is 11.8. The average molecular weight is 301 g/mol. The van der Waals surface area contributed by atoms with Crippen LogP contribution in [0, 0.1) is 0 Å². The first-order valence-corrected chi connectivity index (χ1v) is 6.73. The zero-order chi connectivity index (χ0) is 15.7. The predicted octanol–water partition coefficient (Wildman–Crippen LogP) is 0.201. The lowest BCUT2D eigenvalue weighted by Gasteiger charge is -2.00. The number of nitrogens with zero attached hydrogens (tertiary/aromatic N) is 3. The van der Waals surface area contributed by atoms with Crippen molar-refractivity contribution in [3.8, 4) is 11.4 Å². The van der Waals surface area contributed by atoms with E-state index in [2.05, 4.69) is 19.9 Å². The first kappa shape index (κ1) is 14.2. The Kier molecular flexibility index (Phi) is 3.60. The molecule has 0 fully saturated rings. The SMILES string of the molecule is COCCc1ccc(-c2nc3c([nH]2)c(=O)[nH]c(=O)n3C)cn1. The molecule has 0 saturated heterocycles. The monoisotopic (exact) mass is 301 g/mol. The molecule has 3 aromatic heterocycles. The minimum absolute atomic E-state index is 0.264. The summed E-state index contributed by atoms with van der Waals surface area (Å²) in [5, 5.41) is 0. The third kappa shape index (κ3) is 2.44. The molecule has 3 rings (SSSR count). The van der Waals surface area contributed by atoms with Crippen LogP contribution in [0.15, 0.2) is 27.9 Å². The van der Waals surface area contributed by atoms with Crippen molar-refractivity contribution in [1.29, 1.82) is 0 Å². The Morgan fingerprint density at radius 3 is 2.77 bits per heavy atom. The molecule has 0 amide bonds. The van der Waals surface area contributed by atoms with Gasteiger partial charge >= 0.3 is 5.69 Å². The predicted molar refractivity (Wildman–Crippen MR) is 80.8 cm³/mol. The van der Waals surface area contributed by atoms with E-state index in [9.17, 15) is 9.59 Å². The highest BCUT2D eigenvalue weighted by Gasteiger charge is 2.12. The number of rotatable bonds is 4. The normalized spacial score (nSPS) is 11.2. The largest absolute Gasteiger partial charge is 0.384 e. The van der Waals surface area contributed by atoms with Gasteiger partial charge in [-0.1, -0.05) is 0 Å². The third-order valence-corrected chi connectivity index (χ3v) is 3.42. The van der Waals surface area contributed by atoms with Crippen molar-refractivity contribution in [2.45, 2.75) is 6.42 Å². The number of aromatic nitrogens is 5. The van der Waals surface area contributed by atoms with Gasteiger partial charge in [-0.15, -0.1) is 0 Å². The fraction of sp³-hybridized carbons (Fsp3) is 0.286. The fourth-order valence-corrected chi connectivity index (χ4v) is 2.16. The van der Waals surface area contributed by atoms with Gasteiger partial charge in [0.05, 0.1) is 6.61 Å². The Hall–Kier alpha value is -2.74. The summed E-state index contributed by atoms with van der Waals surface area (Å²) in [6, 6.07) is 3.74. The molecule has 0 atom stereocenters. The van der Waals surface area contributed by atoms with Gasteiger partial charge in [-0.2, -0.15) is 0 Å². The number of ether oxygens (including phenoxy) is 1. The molecule has 0 aliphatic heterocycles. The minimum atomic E-state index is -0.497. The molecule has 2 N–H and O–H groups in total. The Balaban J connectivity index is 2.03. The maximum absolute atomic E-state index is 11.8. The average Bonchev–Trinajstić information content (AvgIpc) is 2.97. The number of aryl methyl sites for hydroxylation is 1. The van der Waals surface area contributed by atoms with Crippen LogP contribution in [-0.2, 0) is 18.2 Å². The Labute approximate surface area is 124 Å². The van der Waals surface area contributed by atoms with Crippen molar-refractivity contribution in [1.82, 2.24) is 24.5 Å². The lowest BCUT2D eigenvalue weighted by atomic mass is 10.2. The second kappa shape index (κ2) is 5.57. The van der Waals surface area contributed by atoms with Crippen LogP contribution in [0.3, 0.4) is 0 Å². The molecule has 0 aliphatic carbocycles. The summed E-state index contributed by atoms with van der Waals surface area (Å²) < 4.78 is 6.30. The van der Waals surface area contributed by atoms with E-state index in [1.165, 1.54) is 4.57 Å². The van der Waals surface area contributed by atoms with E-state index < -0.39 is 11.2 Å². The zero-order valence-electron chi connectivity index (χ0n) is 12.2. The van der Waals surface area contributed by atoms with Crippen LogP contribution in [0.2, 0.25) is 0 Å². The summed E-state index contributed by atoms with van der Waals surface area (Å²) in [4.78, 5) is 37.2. The number of imidazole rings is 1. The number of pyridine rings is 1. The van der Waals surface area contributed by atoms with E-state index in [0.717, 1.165) is 17.7 Å². The minimum Gasteiger partial charge on any atom is -0.384 e. The highest BCUT2D eigenvalue weighted by Crippen LogP contribution is 2.17. The molecule has 3 aromatic rings. The molecule has 0 spiro atoms. The van der Waals surface area contributed by atoms with Crippen molar-refractivity contribution < 1.29 is 4.74 Å². The molecule has 0 radical (unpaired) electrons. The molecule has 22 heavy (non-hydrogen) atoms. The summed E-state index contributed by atoms with van der Waals surface area (Å²) in [5.41, 5.74) is 1.24. The maximum Gasteiger partial charge on any atom is 0.329 e. The molecule has 0 saturated carbocycles. The molecular weight excluding hydrogens is 286 g/mol. The quantitative estimate of drug-likeness (QED) is 0.716. The molecule has 8 nitrogen and oxygen atoms in total. The van der Waals surface area contributed by atoms with E-state index in [1.807, 2.05) is 12.1 Å². The molecule has 0 aromatic carbocycles. The highest BCUT2D eigenvalue weighted by atomic mass is 16.5. The van der Waals surface area contributed by atoms with Crippen molar-refractivity contribution in [2.24, 2.45) is 7.05 Å². The van der Waals surface area contributed by atoms with Gasteiger partial charge in [-0.25, -0.2) is 9.78 Å². The second-order valence-electron chi connectivity index (χ2n) is 4.88. The van der Waals surface area contributed by atoms with Gasteiger partial charge in [0.15, 0.2) is 5.65 Å². The third-order valence-electron chi connectivity index (χ3n) is 3.42. The summed E-state index contributed by atoms with van der Waals surface area (Å²) >= 11 is 0. The van der Waals surface area contributed by atoms with Crippen molar-refractivity contribution in [2.75, 3.05) is 13.7 Å². The summed E-state index contributed by atoms with van der Waals surface area (Å²) in [5.74, 6) is 0.493. The smallest absolute Gasteiger partial charge is 0.329 e. The fourth-order valence-electron chi connectivity index (χ4n) is 2.16. The van der Waals surface area contributed by atoms with E-state index >= 15 is 0 Å². The van der Waals surface area contributed by atoms with Crippen LogP contribution in [0.1, 0.15) is 5.69 Å².